The second kappa shape index (κ2) is 14.0. The number of aromatic nitrogens is 2. The zero-order valence-electron chi connectivity index (χ0n) is 22.8. The van der Waals surface area contributed by atoms with Crippen LogP contribution in [0, 0.1) is 10.8 Å². The van der Waals surface area contributed by atoms with Crippen LogP contribution in [0.4, 0.5) is 0 Å². The Balaban J connectivity index is 3.13. The molecule has 1 aromatic heterocycles. The average Bonchev–Trinajstić information content (AvgIpc) is 2.78. The molecule has 0 amide bonds. The molecule has 3 atom stereocenters. The number of aliphatic hydroxyl groups is 1. The number of esters is 2. The van der Waals surface area contributed by atoms with E-state index in [0.29, 0.717) is 0 Å². The maximum Gasteiger partial charge on any atom is 0.359 e. The molecule has 0 saturated heterocycles. The van der Waals surface area contributed by atoms with Crippen molar-refractivity contribution in [3.05, 3.63) is 45.0 Å². The van der Waals surface area contributed by atoms with Crippen LogP contribution in [-0.4, -0.2) is 59.5 Å². The van der Waals surface area contributed by atoms with Crippen LogP contribution < -0.4 is 11.2 Å². The maximum absolute atomic E-state index is 13.3. The van der Waals surface area contributed by atoms with Crippen LogP contribution in [0.25, 0.3) is 0 Å². The standard InChI is InChI=1S/C23H37N2O12P/c1-15(26)16(37-21(32-8)25-11-9-17(27)24-20(25)30)10-12-38(31,35-13-33-18(28)22(2,3)4)36-14-34-19(29)23(5,6)7/h9-12,15-16,21,26H,13-14H2,1-8H3,(H,24,27,30)/b12-10+/t15-,16-,21?/m1/s1. The van der Waals surface area contributed by atoms with Crippen LogP contribution >= 0.6 is 7.60 Å². The molecule has 0 fully saturated rings. The van der Waals surface area contributed by atoms with Gasteiger partial charge in [-0.3, -0.25) is 37.5 Å². The Labute approximate surface area is 220 Å². The summed E-state index contributed by atoms with van der Waals surface area (Å²) in [6.45, 7) is 9.52. The highest BCUT2D eigenvalue weighted by molar-refractivity contribution is 7.57. The fraction of sp³-hybridized carbons (Fsp3) is 0.652. The minimum atomic E-state index is -4.25. The van der Waals surface area contributed by atoms with E-state index in [9.17, 15) is 28.8 Å². The van der Waals surface area contributed by atoms with Gasteiger partial charge in [-0.2, -0.15) is 0 Å². The molecule has 1 heterocycles. The molecule has 0 saturated carbocycles. The van der Waals surface area contributed by atoms with Crippen molar-refractivity contribution < 1.29 is 47.3 Å². The molecule has 15 heteroatoms. The number of nitrogens with zero attached hydrogens (tertiary/aromatic N) is 1. The molecule has 0 aromatic carbocycles. The molecule has 0 spiro atoms. The molecule has 1 aromatic rings. The zero-order chi connectivity index (χ0) is 29.3. The predicted molar refractivity (Wildman–Crippen MR) is 134 cm³/mol. The van der Waals surface area contributed by atoms with Crippen LogP contribution in [0.5, 0.6) is 0 Å². The summed E-state index contributed by atoms with van der Waals surface area (Å²) >= 11 is 0. The van der Waals surface area contributed by atoms with Gasteiger partial charge in [-0.1, -0.05) is 0 Å². The summed E-state index contributed by atoms with van der Waals surface area (Å²) in [7, 11) is -3.04. The Morgan fingerprint density at radius 1 is 1.05 bits per heavy atom. The Morgan fingerprint density at radius 3 is 1.95 bits per heavy atom. The average molecular weight is 565 g/mol. The van der Waals surface area contributed by atoms with Crippen LogP contribution in [-0.2, 0) is 42.1 Å². The largest absolute Gasteiger partial charge is 0.438 e. The van der Waals surface area contributed by atoms with Gasteiger partial charge in [0.2, 0.25) is 20.0 Å². The first kappa shape index (κ1) is 33.4. The molecule has 1 unspecified atom stereocenters. The molecule has 0 bridgehead atoms. The number of carbonyl (C=O) groups excluding carboxylic acids is 2. The lowest BCUT2D eigenvalue weighted by atomic mass is 9.98. The fourth-order valence-electron chi connectivity index (χ4n) is 2.34. The molecule has 38 heavy (non-hydrogen) atoms. The van der Waals surface area contributed by atoms with Crippen LogP contribution in [0.1, 0.15) is 54.9 Å². The van der Waals surface area contributed by atoms with Crippen LogP contribution in [0.15, 0.2) is 33.7 Å². The summed E-state index contributed by atoms with van der Waals surface area (Å²) in [5, 5.41) is 10.2. The van der Waals surface area contributed by atoms with Gasteiger partial charge in [0.1, 0.15) is 6.10 Å². The van der Waals surface area contributed by atoms with Crippen molar-refractivity contribution in [3.63, 3.8) is 0 Å². The number of H-pyrrole nitrogens is 1. The molecule has 0 aliphatic carbocycles. The SMILES string of the molecule is COC(O[C@H](/C=C/P(=O)(OCOC(=O)C(C)(C)C)OCOC(=O)C(C)(C)C)[C@@H](C)O)n1ccc(=O)[nH]c1=O. The summed E-state index contributed by atoms with van der Waals surface area (Å²) < 4.78 is 45.4. The van der Waals surface area contributed by atoms with E-state index < -0.39 is 73.8 Å². The quantitative estimate of drug-likeness (QED) is 0.203. The highest BCUT2D eigenvalue weighted by Crippen LogP contribution is 2.50. The van der Waals surface area contributed by atoms with Gasteiger partial charge in [-0.05, 0) is 54.5 Å². The highest BCUT2D eigenvalue weighted by atomic mass is 31.2. The Hall–Kier alpha value is -2.61. The number of rotatable bonds is 13. The lowest BCUT2D eigenvalue weighted by molar-refractivity contribution is -0.209. The molecule has 0 aliphatic rings. The number of nitrogens with one attached hydrogen (secondary N) is 1. The van der Waals surface area contributed by atoms with Gasteiger partial charge in [0.25, 0.3) is 5.56 Å². The summed E-state index contributed by atoms with van der Waals surface area (Å²) in [5.74, 6) is -0.346. The number of ether oxygens (including phenoxy) is 4. The van der Waals surface area contributed by atoms with Crippen LogP contribution in [0.3, 0.4) is 0 Å². The molecule has 14 nitrogen and oxygen atoms in total. The summed E-state index contributed by atoms with van der Waals surface area (Å²) in [5.41, 5.74) is -3.18. The van der Waals surface area contributed by atoms with Crippen molar-refractivity contribution in [1.29, 1.82) is 0 Å². The molecule has 1 rings (SSSR count). The lowest BCUT2D eigenvalue weighted by Crippen LogP contribution is -2.36. The normalized spacial score (nSPS) is 15.2. The third kappa shape index (κ3) is 11.0. The molecule has 0 radical (unpaired) electrons. The van der Waals surface area contributed by atoms with E-state index in [4.69, 9.17) is 28.0 Å². The first-order chi connectivity index (χ1) is 17.4. The van der Waals surface area contributed by atoms with Gasteiger partial charge in [0, 0.05) is 25.2 Å². The van der Waals surface area contributed by atoms with Crippen molar-refractivity contribution in [2.24, 2.45) is 10.8 Å². The number of hydrogen-bond donors (Lipinski definition) is 2. The van der Waals surface area contributed by atoms with Gasteiger partial charge in [0.05, 0.1) is 16.9 Å². The Morgan fingerprint density at radius 2 is 1.55 bits per heavy atom. The van der Waals surface area contributed by atoms with E-state index in [0.717, 1.165) is 28.7 Å². The molecular weight excluding hydrogens is 527 g/mol. The van der Waals surface area contributed by atoms with E-state index in [-0.39, 0.29) is 0 Å². The first-order valence-electron chi connectivity index (χ1n) is 11.5. The van der Waals surface area contributed by atoms with Crippen molar-refractivity contribution >= 4 is 19.5 Å². The van der Waals surface area contributed by atoms with Crippen molar-refractivity contribution in [2.75, 3.05) is 20.7 Å². The van der Waals surface area contributed by atoms with Gasteiger partial charge in [-0.25, -0.2) is 4.79 Å². The maximum atomic E-state index is 13.3. The van der Waals surface area contributed by atoms with Gasteiger partial charge in [-0.15, -0.1) is 0 Å². The first-order valence-corrected chi connectivity index (χ1v) is 13.1. The van der Waals surface area contributed by atoms with E-state index in [2.05, 4.69) is 0 Å². The van der Waals surface area contributed by atoms with E-state index in [1.807, 2.05) is 4.98 Å². The number of methoxy groups -OCH3 is 1. The predicted octanol–water partition coefficient (Wildman–Crippen LogP) is 2.24. The Kier molecular flexibility index (Phi) is 12.3. The minimum Gasteiger partial charge on any atom is -0.438 e. The second-order valence-corrected chi connectivity index (χ2v) is 12.0. The summed E-state index contributed by atoms with van der Waals surface area (Å²) in [6.07, 6.45) is -1.62. The lowest BCUT2D eigenvalue weighted by Gasteiger charge is -2.25. The number of hydrogen-bond acceptors (Lipinski definition) is 12. The summed E-state index contributed by atoms with van der Waals surface area (Å²) in [4.78, 5) is 49.5. The van der Waals surface area contributed by atoms with Gasteiger partial charge < -0.3 is 24.1 Å². The van der Waals surface area contributed by atoms with Gasteiger partial charge >= 0.3 is 25.2 Å². The molecule has 2 N–H and O–H groups in total. The number of carbonyl (C=O) groups is 2. The smallest absolute Gasteiger partial charge is 0.359 e. The second-order valence-electron chi connectivity index (χ2n) is 10.1. The number of aromatic amines is 1. The van der Waals surface area contributed by atoms with E-state index >= 15 is 0 Å². The molecule has 0 aliphatic heterocycles. The zero-order valence-corrected chi connectivity index (χ0v) is 23.7. The monoisotopic (exact) mass is 564 g/mol. The minimum absolute atomic E-state index is 0.633. The van der Waals surface area contributed by atoms with Crippen LogP contribution in [0.2, 0.25) is 0 Å². The van der Waals surface area contributed by atoms with Crippen molar-refractivity contribution in [2.45, 2.75) is 67.1 Å². The molecular formula is C23H37N2O12P. The molecule has 216 valence electrons. The third-order valence-corrected chi connectivity index (χ3v) is 6.03. The van der Waals surface area contributed by atoms with E-state index in [1.165, 1.54) is 14.0 Å². The van der Waals surface area contributed by atoms with E-state index in [1.54, 1.807) is 41.5 Å². The Bertz CT molecular complexity index is 1090. The summed E-state index contributed by atoms with van der Waals surface area (Å²) in [6, 6.07) is 1.07. The van der Waals surface area contributed by atoms with Gasteiger partial charge in [0.15, 0.2) is 0 Å². The fourth-order valence-corrected chi connectivity index (χ4v) is 3.36. The topological polar surface area (TPSA) is 182 Å². The highest BCUT2D eigenvalue weighted by Gasteiger charge is 2.29. The number of aliphatic hydroxyl groups excluding tert-OH is 1. The third-order valence-electron chi connectivity index (χ3n) is 4.56. The van der Waals surface area contributed by atoms with Crippen molar-refractivity contribution in [1.82, 2.24) is 9.55 Å². The van der Waals surface area contributed by atoms with Crippen molar-refractivity contribution in [3.8, 4) is 0 Å².